The van der Waals surface area contributed by atoms with E-state index in [1.54, 1.807) is 0 Å². The van der Waals surface area contributed by atoms with Crippen LogP contribution in [0.3, 0.4) is 0 Å². The number of hydrogen-bond acceptors (Lipinski definition) is 4. The Hall–Kier alpha value is -1.72. The monoisotopic (exact) mass is 321 g/mol. The molecule has 1 atom stereocenters. The molecule has 0 bridgehead atoms. The van der Waals surface area contributed by atoms with Crippen LogP contribution >= 0.6 is 0 Å². The summed E-state index contributed by atoms with van der Waals surface area (Å²) in [6.07, 6.45) is 10.7. The van der Waals surface area contributed by atoms with Gasteiger partial charge in [0.05, 0.1) is 18.9 Å². The van der Waals surface area contributed by atoms with E-state index >= 15 is 0 Å². The summed E-state index contributed by atoms with van der Waals surface area (Å²) in [5.41, 5.74) is 0. The summed E-state index contributed by atoms with van der Waals surface area (Å²) in [6.45, 7) is 1.38. The van der Waals surface area contributed by atoms with Crippen molar-refractivity contribution < 1.29 is 13.9 Å². The SMILES string of the molecule is O=C(CC1CCCCC1)N1CCCC(Oc2ncc(F)cn2)C1. The standard InChI is InChI=1S/C17H24FN3O2/c18-14-10-19-17(20-11-14)23-15-7-4-8-21(12-15)16(22)9-13-5-2-1-3-6-13/h10-11,13,15H,1-9,12H2. The molecule has 1 aliphatic heterocycles. The molecule has 1 saturated carbocycles. The molecule has 2 fully saturated rings. The third-order valence-corrected chi connectivity index (χ3v) is 4.79. The van der Waals surface area contributed by atoms with Crippen molar-refractivity contribution in [1.29, 1.82) is 0 Å². The van der Waals surface area contributed by atoms with E-state index in [9.17, 15) is 9.18 Å². The van der Waals surface area contributed by atoms with Gasteiger partial charge in [0.2, 0.25) is 5.91 Å². The average Bonchev–Trinajstić information content (AvgIpc) is 2.58. The second-order valence-corrected chi connectivity index (χ2v) is 6.61. The van der Waals surface area contributed by atoms with Crippen LogP contribution in [0.1, 0.15) is 51.4 Å². The number of likely N-dealkylation sites (tertiary alicyclic amines) is 1. The molecule has 126 valence electrons. The van der Waals surface area contributed by atoms with Crippen molar-refractivity contribution in [2.75, 3.05) is 13.1 Å². The third-order valence-electron chi connectivity index (χ3n) is 4.79. The number of aromatic nitrogens is 2. The van der Waals surface area contributed by atoms with Gasteiger partial charge in [0.25, 0.3) is 0 Å². The summed E-state index contributed by atoms with van der Waals surface area (Å²) in [4.78, 5) is 22.1. The highest BCUT2D eigenvalue weighted by Gasteiger charge is 2.27. The molecule has 23 heavy (non-hydrogen) atoms. The molecule has 0 radical (unpaired) electrons. The maximum Gasteiger partial charge on any atom is 0.316 e. The van der Waals surface area contributed by atoms with Crippen LogP contribution in [0.2, 0.25) is 0 Å². The molecule has 2 aliphatic rings. The number of halogens is 1. The van der Waals surface area contributed by atoms with Gasteiger partial charge in [-0.1, -0.05) is 19.3 Å². The highest BCUT2D eigenvalue weighted by Crippen LogP contribution is 2.27. The molecule has 5 nitrogen and oxygen atoms in total. The number of carbonyl (C=O) groups is 1. The van der Waals surface area contributed by atoms with Crippen molar-refractivity contribution in [2.45, 2.75) is 57.5 Å². The van der Waals surface area contributed by atoms with E-state index in [1.807, 2.05) is 4.90 Å². The third kappa shape index (κ3) is 4.62. The van der Waals surface area contributed by atoms with Crippen LogP contribution in [0.25, 0.3) is 0 Å². The predicted octanol–water partition coefficient (Wildman–Crippen LogP) is 2.96. The average molecular weight is 321 g/mol. The van der Waals surface area contributed by atoms with E-state index in [0.29, 0.717) is 18.9 Å². The Bertz CT molecular complexity index is 517. The van der Waals surface area contributed by atoms with Gasteiger partial charge in [0.15, 0.2) is 5.82 Å². The molecule has 2 heterocycles. The van der Waals surface area contributed by atoms with Crippen LogP contribution in [0.15, 0.2) is 12.4 Å². The minimum Gasteiger partial charge on any atom is -0.458 e. The van der Waals surface area contributed by atoms with Crippen molar-refractivity contribution >= 4 is 5.91 Å². The second-order valence-electron chi connectivity index (χ2n) is 6.61. The number of amides is 1. The van der Waals surface area contributed by atoms with Gasteiger partial charge in [-0.3, -0.25) is 4.79 Å². The van der Waals surface area contributed by atoms with Crippen molar-refractivity contribution in [3.05, 3.63) is 18.2 Å². The number of piperidine rings is 1. The Morgan fingerprint density at radius 2 is 1.91 bits per heavy atom. The van der Waals surface area contributed by atoms with E-state index in [1.165, 1.54) is 32.1 Å². The van der Waals surface area contributed by atoms with E-state index in [-0.39, 0.29) is 18.0 Å². The fourth-order valence-electron chi connectivity index (χ4n) is 3.54. The van der Waals surface area contributed by atoms with Crippen molar-refractivity contribution in [3.8, 4) is 6.01 Å². The zero-order chi connectivity index (χ0) is 16.1. The lowest BCUT2D eigenvalue weighted by atomic mass is 9.86. The molecule has 0 N–H and O–H groups in total. The van der Waals surface area contributed by atoms with Crippen LogP contribution in [0, 0.1) is 11.7 Å². The molecule has 1 aromatic rings. The first kappa shape index (κ1) is 16.1. The van der Waals surface area contributed by atoms with Crippen LogP contribution in [-0.2, 0) is 4.79 Å². The van der Waals surface area contributed by atoms with Crippen molar-refractivity contribution in [2.24, 2.45) is 5.92 Å². The molecule has 0 aromatic carbocycles. The van der Waals surface area contributed by atoms with E-state index in [4.69, 9.17) is 4.74 Å². The lowest BCUT2D eigenvalue weighted by Gasteiger charge is -2.33. The van der Waals surface area contributed by atoms with Gasteiger partial charge in [-0.2, -0.15) is 0 Å². The number of nitrogens with zero attached hydrogens (tertiary/aromatic N) is 3. The van der Waals surface area contributed by atoms with Crippen LogP contribution < -0.4 is 4.74 Å². The molecule has 1 saturated heterocycles. The quantitative estimate of drug-likeness (QED) is 0.855. The number of ether oxygens (including phenoxy) is 1. The second kappa shape index (κ2) is 7.70. The number of hydrogen-bond donors (Lipinski definition) is 0. The zero-order valence-electron chi connectivity index (χ0n) is 13.4. The topological polar surface area (TPSA) is 55.3 Å². The molecule has 1 amide bonds. The van der Waals surface area contributed by atoms with Gasteiger partial charge < -0.3 is 9.64 Å². The number of rotatable bonds is 4. The normalized spacial score (nSPS) is 22.8. The maximum atomic E-state index is 12.8. The highest BCUT2D eigenvalue weighted by molar-refractivity contribution is 5.76. The summed E-state index contributed by atoms with van der Waals surface area (Å²) < 4.78 is 18.5. The van der Waals surface area contributed by atoms with E-state index in [2.05, 4.69) is 9.97 Å². The lowest BCUT2D eigenvalue weighted by Crippen LogP contribution is -2.45. The fraction of sp³-hybridized carbons (Fsp3) is 0.706. The summed E-state index contributed by atoms with van der Waals surface area (Å²) in [5.74, 6) is 0.313. The molecular weight excluding hydrogens is 297 g/mol. The minimum absolute atomic E-state index is 0.107. The molecule has 0 spiro atoms. The number of carbonyl (C=O) groups excluding carboxylic acids is 1. The molecule has 1 aliphatic carbocycles. The minimum atomic E-state index is -0.481. The van der Waals surface area contributed by atoms with Crippen molar-refractivity contribution in [1.82, 2.24) is 14.9 Å². The van der Waals surface area contributed by atoms with Gasteiger partial charge >= 0.3 is 6.01 Å². The fourth-order valence-corrected chi connectivity index (χ4v) is 3.54. The first-order valence-electron chi connectivity index (χ1n) is 8.62. The smallest absolute Gasteiger partial charge is 0.316 e. The first-order chi connectivity index (χ1) is 11.2. The molecule has 1 unspecified atom stereocenters. The largest absolute Gasteiger partial charge is 0.458 e. The Labute approximate surface area is 136 Å². The van der Waals surface area contributed by atoms with Crippen LogP contribution in [0.5, 0.6) is 6.01 Å². The Balaban J connectivity index is 1.50. The van der Waals surface area contributed by atoms with Gasteiger partial charge in [-0.15, -0.1) is 0 Å². The van der Waals surface area contributed by atoms with Crippen LogP contribution in [0.4, 0.5) is 4.39 Å². The predicted molar refractivity (Wildman–Crippen MR) is 83.4 cm³/mol. The first-order valence-corrected chi connectivity index (χ1v) is 8.62. The Morgan fingerprint density at radius 3 is 2.65 bits per heavy atom. The highest BCUT2D eigenvalue weighted by atomic mass is 19.1. The lowest BCUT2D eigenvalue weighted by molar-refractivity contribution is -0.135. The Kier molecular flexibility index (Phi) is 5.41. The summed E-state index contributed by atoms with van der Waals surface area (Å²) in [6, 6.07) is 0.179. The van der Waals surface area contributed by atoms with Gasteiger partial charge in [0, 0.05) is 13.0 Å². The maximum absolute atomic E-state index is 12.8. The van der Waals surface area contributed by atoms with Crippen molar-refractivity contribution in [3.63, 3.8) is 0 Å². The van der Waals surface area contributed by atoms with E-state index in [0.717, 1.165) is 31.8 Å². The van der Waals surface area contributed by atoms with Gasteiger partial charge in [0.1, 0.15) is 6.10 Å². The molecule has 1 aromatic heterocycles. The summed E-state index contributed by atoms with van der Waals surface area (Å²) >= 11 is 0. The summed E-state index contributed by atoms with van der Waals surface area (Å²) in [7, 11) is 0. The zero-order valence-corrected chi connectivity index (χ0v) is 13.4. The summed E-state index contributed by atoms with van der Waals surface area (Å²) in [5, 5.41) is 0. The Morgan fingerprint density at radius 1 is 1.17 bits per heavy atom. The molecule has 6 heteroatoms. The molecular formula is C17H24FN3O2. The van der Waals surface area contributed by atoms with Gasteiger partial charge in [-0.05, 0) is 31.6 Å². The van der Waals surface area contributed by atoms with Crippen LogP contribution in [-0.4, -0.2) is 40.0 Å². The van der Waals surface area contributed by atoms with Gasteiger partial charge in [-0.25, -0.2) is 14.4 Å². The molecule has 3 rings (SSSR count). The van der Waals surface area contributed by atoms with E-state index < -0.39 is 5.82 Å².